The summed E-state index contributed by atoms with van der Waals surface area (Å²) in [5.41, 5.74) is 8.66. The molecule has 0 N–H and O–H groups in total. The van der Waals surface area contributed by atoms with Gasteiger partial charge >= 0.3 is 293 Å². The van der Waals surface area contributed by atoms with E-state index in [0.717, 1.165) is 44.2 Å². The molecule has 6 heteroatoms. The quantitative estimate of drug-likeness (QED) is 0.158. The second-order valence-corrected chi connectivity index (χ2v) is 53.3. The molecule has 242 valence electrons. The topological polar surface area (TPSA) is 26.3 Å². The Labute approximate surface area is 291 Å². The van der Waals surface area contributed by atoms with Gasteiger partial charge in [-0.15, -0.1) is 0 Å². The summed E-state index contributed by atoms with van der Waals surface area (Å²) < 4.78 is 12.6. The van der Waals surface area contributed by atoms with Crippen LogP contribution >= 0.6 is 17.0 Å². The van der Waals surface area contributed by atoms with Crippen molar-refractivity contribution in [2.24, 2.45) is 11.8 Å². The van der Waals surface area contributed by atoms with Crippen molar-refractivity contribution in [2.45, 2.75) is 48.0 Å². The number of rotatable bonds is 6. The molecule has 0 aliphatic heterocycles. The van der Waals surface area contributed by atoms with E-state index in [4.69, 9.17) is 25.9 Å². The van der Waals surface area contributed by atoms with Crippen molar-refractivity contribution in [3.8, 4) is 22.6 Å². The number of allylic oxidation sites excluding steroid dienone is 2. The normalized spacial score (nSPS) is 17.7. The van der Waals surface area contributed by atoms with Crippen molar-refractivity contribution in [3.63, 3.8) is 0 Å². The van der Waals surface area contributed by atoms with Crippen LogP contribution < -0.4 is 0 Å². The van der Waals surface area contributed by atoms with Crippen LogP contribution in [0.25, 0.3) is 56.3 Å². The predicted molar refractivity (Wildman–Crippen MR) is 204 cm³/mol. The fraction of sp³-hybridized carbons (Fsp3) is 0.238. The van der Waals surface area contributed by atoms with Gasteiger partial charge in [-0.05, 0) is 0 Å². The summed E-state index contributed by atoms with van der Waals surface area (Å²) in [5, 5.41) is 4.46. The van der Waals surface area contributed by atoms with Gasteiger partial charge in [-0.25, -0.2) is 0 Å². The zero-order chi connectivity index (χ0) is 33.6. The van der Waals surface area contributed by atoms with E-state index in [2.05, 4.69) is 138 Å². The van der Waals surface area contributed by atoms with E-state index in [1.807, 2.05) is 12.5 Å². The molecule has 0 saturated carbocycles. The van der Waals surface area contributed by atoms with Gasteiger partial charge in [-0.1, -0.05) is 0 Å². The maximum atomic E-state index is 8.71. The third kappa shape index (κ3) is 4.59. The van der Waals surface area contributed by atoms with Crippen molar-refractivity contribution in [1.29, 1.82) is 0 Å². The van der Waals surface area contributed by atoms with Gasteiger partial charge < -0.3 is 0 Å². The maximum absolute atomic E-state index is 8.71. The van der Waals surface area contributed by atoms with Crippen LogP contribution in [0, 0.1) is 11.8 Å². The van der Waals surface area contributed by atoms with Crippen molar-refractivity contribution in [1.82, 2.24) is 0 Å². The fourth-order valence-electron chi connectivity index (χ4n) is 8.57. The number of hydrogen-bond acceptors (Lipinski definition) is 2. The zero-order valence-corrected chi connectivity index (χ0v) is 33.2. The molecule has 4 aromatic carbocycles. The first kappa shape index (κ1) is 32.3. The fourth-order valence-corrected chi connectivity index (χ4v) is 37.7. The van der Waals surface area contributed by atoms with Crippen LogP contribution in [0.3, 0.4) is 0 Å². The monoisotopic (exact) mass is 764 g/mol. The van der Waals surface area contributed by atoms with Crippen LogP contribution in [0.4, 0.5) is 0 Å². The molecule has 0 amide bonds. The molecular weight excluding hydrogens is 727 g/mol. The van der Waals surface area contributed by atoms with E-state index in [-0.39, 0.29) is 19.1 Å². The summed E-state index contributed by atoms with van der Waals surface area (Å²) in [6, 6.07) is 30.1. The van der Waals surface area contributed by atoms with Crippen LogP contribution in [0.2, 0.25) is 13.1 Å². The summed E-state index contributed by atoms with van der Waals surface area (Å²) in [6.45, 7) is 14.0. The Kier molecular flexibility index (Phi) is 7.81. The molecule has 0 radical (unpaired) electrons. The van der Waals surface area contributed by atoms with Crippen LogP contribution in [0.15, 0.2) is 117 Å². The van der Waals surface area contributed by atoms with E-state index < -0.39 is 20.4 Å². The average Bonchev–Trinajstić information content (AvgIpc) is 3.86. The summed E-state index contributed by atoms with van der Waals surface area (Å²) >= 11 is -5.02. The Morgan fingerprint density at radius 2 is 1.00 bits per heavy atom. The van der Waals surface area contributed by atoms with Crippen molar-refractivity contribution in [3.05, 3.63) is 131 Å². The Bertz CT molecular complexity index is 2250. The Balaban J connectivity index is 1.38. The van der Waals surface area contributed by atoms with Crippen molar-refractivity contribution in [2.75, 3.05) is 0 Å². The molecule has 0 bridgehead atoms. The van der Waals surface area contributed by atoms with Gasteiger partial charge in [-0.2, -0.15) is 0 Å². The number of halogens is 2. The van der Waals surface area contributed by atoms with Gasteiger partial charge in [0.1, 0.15) is 0 Å². The van der Waals surface area contributed by atoms with Gasteiger partial charge in [0.2, 0.25) is 0 Å². The first-order valence-electron chi connectivity index (χ1n) is 17.0. The van der Waals surface area contributed by atoms with E-state index in [1.54, 1.807) is 0 Å². The number of furan rings is 2. The van der Waals surface area contributed by atoms with Crippen LogP contribution in [-0.4, -0.2) is 5.43 Å². The molecule has 0 spiro atoms. The SMILES string of the molecule is CC(C)C1=Cc2c(-c3occ4ccccc34)cccc2[CH]1[Zr]([Cl])([Cl])([CH]1C(C(C)C)=Cc2c(-c3occ4ccccc34)cccc21)=[Si](C)C. The van der Waals surface area contributed by atoms with Gasteiger partial charge in [0, 0.05) is 0 Å². The third-order valence-electron chi connectivity index (χ3n) is 11.0. The molecule has 2 heterocycles. The summed E-state index contributed by atoms with van der Waals surface area (Å²) in [5.74, 6) is 2.38. The first-order chi connectivity index (χ1) is 23.0. The van der Waals surface area contributed by atoms with Gasteiger partial charge in [0.25, 0.3) is 0 Å². The summed E-state index contributed by atoms with van der Waals surface area (Å²) in [4.78, 5) is 0. The van der Waals surface area contributed by atoms with Crippen LogP contribution in [0.1, 0.15) is 57.2 Å². The number of hydrogen-bond donors (Lipinski definition) is 0. The molecule has 2 atom stereocenters. The van der Waals surface area contributed by atoms with E-state index >= 15 is 0 Å². The second kappa shape index (κ2) is 11.6. The number of benzene rings is 4. The van der Waals surface area contributed by atoms with Crippen LogP contribution in [0.5, 0.6) is 0 Å². The molecule has 2 aliphatic carbocycles. The molecule has 2 aliphatic rings. The molecule has 48 heavy (non-hydrogen) atoms. The van der Waals surface area contributed by atoms with E-state index in [1.165, 1.54) is 33.4 Å². The molecule has 0 saturated heterocycles. The van der Waals surface area contributed by atoms with Gasteiger partial charge in [0.15, 0.2) is 0 Å². The number of fused-ring (bicyclic) bond motifs is 4. The molecule has 6 aromatic rings. The minimum absolute atomic E-state index is 0.0129. The molecular formula is C42H40Cl2O2SiZr. The first-order valence-corrected chi connectivity index (χ1v) is 32.4. The minimum atomic E-state index is -5.02. The van der Waals surface area contributed by atoms with E-state index in [9.17, 15) is 0 Å². The van der Waals surface area contributed by atoms with Gasteiger partial charge in [-0.3, -0.25) is 0 Å². The predicted octanol–water partition coefficient (Wildman–Crippen LogP) is 13.6. The van der Waals surface area contributed by atoms with Crippen molar-refractivity contribution >= 4 is 56.2 Å². The summed E-state index contributed by atoms with van der Waals surface area (Å²) in [6.07, 6.45) is 8.57. The molecule has 2 unspecified atom stereocenters. The Morgan fingerprint density at radius 3 is 1.40 bits per heavy atom. The standard InChI is InChI=1S/2C20H17O.C2H6Si.2ClH.Zr/c2*1-13(2)16-10-14-7-5-9-18(19(14)11-16)20-17-8-4-3-6-15(17)12-21-20;1-3-2;;;/h2*3-13H,1-2H3;1-2H3;2*1H;/q;;;;;+2/p-2. The third-order valence-corrected chi connectivity index (χ3v) is 57.4. The van der Waals surface area contributed by atoms with Crippen LogP contribution in [-0.2, 0) is 15.0 Å². The molecule has 0 fully saturated rings. The van der Waals surface area contributed by atoms with Gasteiger partial charge in [0.05, 0.1) is 0 Å². The Hall–Kier alpha value is -2.88. The molecule has 2 nitrogen and oxygen atoms in total. The molecule has 8 rings (SSSR count). The average molecular weight is 767 g/mol. The second-order valence-electron chi connectivity index (χ2n) is 14.5. The van der Waals surface area contributed by atoms with Crippen molar-refractivity contribution < 1.29 is 23.8 Å². The summed E-state index contributed by atoms with van der Waals surface area (Å²) in [7, 11) is 17.4. The Morgan fingerprint density at radius 1 is 0.583 bits per heavy atom. The molecule has 2 aromatic heterocycles. The zero-order valence-electron chi connectivity index (χ0n) is 28.3. The van der Waals surface area contributed by atoms with E-state index in [0.29, 0.717) is 0 Å².